The van der Waals surface area contributed by atoms with E-state index in [2.05, 4.69) is 18.0 Å². The summed E-state index contributed by atoms with van der Waals surface area (Å²) < 4.78 is 17.7. The van der Waals surface area contributed by atoms with Crippen molar-refractivity contribution >= 4 is 29.5 Å². The van der Waals surface area contributed by atoms with Crippen LogP contribution < -0.4 is 0 Å². The molecule has 2 aliphatic rings. The Morgan fingerprint density at radius 3 is 2.38 bits per heavy atom. The van der Waals surface area contributed by atoms with Gasteiger partial charge in [-0.25, -0.2) is 4.79 Å². The number of methoxy groups -OCH3 is 2. The minimum Gasteiger partial charge on any atom is -0.480 e. The van der Waals surface area contributed by atoms with Crippen molar-refractivity contribution in [2.45, 2.75) is 136 Å². The molecule has 3 heterocycles. The molecule has 2 unspecified atom stereocenters. The van der Waals surface area contributed by atoms with E-state index in [1.807, 2.05) is 45.9 Å². The Kier molecular flexibility index (Phi) is 17.0. The number of ketones is 2. The molecule has 1 aromatic rings. The third kappa shape index (κ3) is 11.8. The minimum absolute atomic E-state index is 0.00451. The Hall–Kier alpha value is -3.29. The van der Waals surface area contributed by atoms with Crippen LogP contribution in [-0.2, 0) is 33.4 Å². The number of rotatable bonds is 19. The molecule has 0 bridgehead atoms. The van der Waals surface area contributed by atoms with Crippen molar-refractivity contribution in [1.29, 1.82) is 0 Å². The molecule has 2 aliphatic heterocycles. The van der Waals surface area contributed by atoms with E-state index in [4.69, 9.17) is 14.2 Å². The van der Waals surface area contributed by atoms with Gasteiger partial charge in [-0.2, -0.15) is 0 Å². The Labute approximate surface area is 315 Å². The maximum Gasteiger partial charge on any atom is 0.326 e. The zero-order valence-corrected chi connectivity index (χ0v) is 32.8. The lowest BCUT2D eigenvalue weighted by Gasteiger charge is -2.47. The molecule has 2 fully saturated rings. The van der Waals surface area contributed by atoms with Gasteiger partial charge in [0.25, 0.3) is 11.7 Å². The number of aliphatic carboxylic acids is 1. The van der Waals surface area contributed by atoms with Crippen LogP contribution in [0.2, 0.25) is 0 Å². The molecule has 0 aliphatic carbocycles. The van der Waals surface area contributed by atoms with Gasteiger partial charge in [0.2, 0.25) is 5.79 Å². The highest BCUT2D eigenvalue weighted by molar-refractivity contribution is 6.39. The van der Waals surface area contributed by atoms with E-state index >= 15 is 0 Å². The number of carboxylic acids is 1. The first-order valence-corrected chi connectivity index (χ1v) is 19.1. The normalized spacial score (nSPS) is 27.0. The molecule has 0 saturated carbocycles. The number of ether oxygens (including phenoxy) is 3. The summed E-state index contributed by atoms with van der Waals surface area (Å²) in [4.78, 5) is 57.2. The largest absolute Gasteiger partial charge is 0.480 e. The molecule has 0 aromatic carbocycles. The van der Waals surface area contributed by atoms with Gasteiger partial charge in [0, 0.05) is 51.4 Å². The summed E-state index contributed by atoms with van der Waals surface area (Å²) >= 11 is 0. The van der Waals surface area contributed by atoms with E-state index in [0.29, 0.717) is 38.5 Å². The number of nitrogens with zero attached hydrogens (tertiary/aromatic N) is 2. The number of aromatic nitrogens is 1. The molecular weight excluding hydrogens is 680 g/mol. The molecule has 10 atom stereocenters. The molecule has 2 saturated heterocycles. The van der Waals surface area contributed by atoms with Crippen LogP contribution >= 0.6 is 0 Å². The van der Waals surface area contributed by atoms with Crippen molar-refractivity contribution in [3.63, 3.8) is 0 Å². The minimum atomic E-state index is -2.49. The number of amides is 1. The van der Waals surface area contributed by atoms with Gasteiger partial charge in [0.05, 0.1) is 18.3 Å². The summed E-state index contributed by atoms with van der Waals surface area (Å²) in [5.41, 5.74) is 3.18. The van der Waals surface area contributed by atoms with Gasteiger partial charge < -0.3 is 34.4 Å². The van der Waals surface area contributed by atoms with E-state index in [-0.39, 0.29) is 49.3 Å². The summed E-state index contributed by atoms with van der Waals surface area (Å²) in [6, 6.07) is 2.72. The van der Waals surface area contributed by atoms with Crippen LogP contribution in [0.4, 0.5) is 0 Å². The number of aliphatic hydroxyl groups is 2. The molecule has 3 rings (SSSR count). The Morgan fingerprint density at radius 1 is 1.09 bits per heavy atom. The lowest BCUT2D eigenvalue weighted by atomic mass is 9.82. The zero-order valence-electron chi connectivity index (χ0n) is 32.8. The molecule has 1 amide bonds. The van der Waals surface area contributed by atoms with Gasteiger partial charge in [-0.1, -0.05) is 51.0 Å². The van der Waals surface area contributed by atoms with E-state index in [9.17, 15) is 34.5 Å². The molecule has 12 nitrogen and oxygen atoms in total. The van der Waals surface area contributed by atoms with Gasteiger partial charge in [-0.05, 0) is 94.7 Å². The van der Waals surface area contributed by atoms with Crippen molar-refractivity contribution in [1.82, 2.24) is 9.88 Å². The highest BCUT2D eigenvalue weighted by Gasteiger charge is 2.56. The standard InChI is InChI=1S/C41H62N2O10/c1-9-31(34(45)24-32(44)22-28(5)27(4)21-30-13-15-42-16-14-30)19-25(2)18-26(3)20-35(51-7)37-36(52-8)23-29(6)41(50,53-37)38(46)39(47)43-17-11-10-12-33(43)40(48)49/h13-16,19,21,26,28-29,31-33,35-37,44,50H,9-12,17-18,20,22-24H2,1-8H3,(H,48,49)/b25-19+,27-21+/t26-,28-,29+,31+,32+,33-,35-,36?,37?,41+/m0/s1. The summed E-state index contributed by atoms with van der Waals surface area (Å²) in [6.07, 6.45) is 8.58. The second kappa shape index (κ2) is 20.4. The number of pyridine rings is 1. The van der Waals surface area contributed by atoms with E-state index in [0.717, 1.165) is 21.6 Å². The zero-order chi connectivity index (χ0) is 39.5. The molecule has 1 aromatic heterocycles. The maximum atomic E-state index is 13.6. The van der Waals surface area contributed by atoms with Crippen molar-refractivity contribution in [3.8, 4) is 0 Å². The number of hydrogen-bond acceptors (Lipinski definition) is 10. The van der Waals surface area contributed by atoms with Crippen LogP contribution in [0.3, 0.4) is 0 Å². The van der Waals surface area contributed by atoms with Crippen molar-refractivity contribution in [3.05, 3.63) is 47.3 Å². The Balaban J connectivity index is 1.64. The van der Waals surface area contributed by atoms with Crippen LogP contribution in [0.1, 0.15) is 105 Å². The smallest absolute Gasteiger partial charge is 0.326 e. The topological polar surface area (TPSA) is 173 Å². The number of hydrogen-bond donors (Lipinski definition) is 3. The second-order valence-electron chi connectivity index (χ2n) is 15.3. The summed E-state index contributed by atoms with van der Waals surface area (Å²) in [5, 5.41) is 32.2. The van der Waals surface area contributed by atoms with Crippen molar-refractivity contribution < 1.29 is 48.7 Å². The number of carbonyl (C=O) groups excluding carboxylic acids is 3. The van der Waals surface area contributed by atoms with Gasteiger partial charge in [0.1, 0.15) is 17.9 Å². The van der Waals surface area contributed by atoms with Crippen LogP contribution in [0.25, 0.3) is 6.08 Å². The number of Topliss-reactive ketones (excluding diaryl/α,β-unsaturated/α-hetero) is 2. The lowest BCUT2D eigenvalue weighted by molar-refractivity contribution is -0.302. The fourth-order valence-corrected chi connectivity index (χ4v) is 7.75. The summed E-state index contributed by atoms with van der Waals surface area (Å²) in [5.74, 6) is -6.96. The molecule has 3 N–H and O–H groups in total. The Bertz CT molecular complexity index is 1450. The van der Waals surface area contributed by atoms with Crippen LogP contribution in [0.5, 0.6) is 0 Å². The number of allylic oxidation sites excluding steroid dienone is 3. The fourth-order valence-electron chi connectivity index (χ4n) is 7.75. The number of carboxylic acid groups (broad SMARTS) is 1. The molecule has 0 radical (unpaired) electrons. The van der Waals surface area contributed by atoms with Gasteiger partial charge >= 0.3 is 5.97 Å². The predicted molar refractivity (Wildman–Crippen MR) is 200 cm³/mol. The van der Waals surface area contributed by atoms with Gasteiger partial charge in [-0.3, -0.25) is 19.4 Å². The number of carbonyl (C=O) groups is 4. The first-order valence-electron chi connectivity index (χ1n) is 19.1. The van der Waals surface area contributed by atoms with E-state index < -0.39 is 59.8 Å². The average molecular weight is 743 g/mol. The first kappa shape index (κ1) is 44.1. The van der Waals surface area contributed by atoms with Crippen LogP contribution in [0.15, 0.2) is 41.7 Å². The first-order chi connectivity index (χ1) is 25.1. The van der Waals surface area contributed by atoms with Gasteiger partial charge in [-0.15, -0.1) is 0 Å². The molecule has 0 spiro atoms. The number of likely N-dealkylation sites (tertiary alicyclic amines) is 1. The van der Waals surface area contributed by atoms with Crippen LogP contribution in [-0.4, -0.2) is 106 Å². The van der Waals surface area contributed by atoms with Crippen molar-refractivity contribution in [2.24, 2.45) is 23.7 Å². The van der Waals surface area contributed by atoms with Gasteiger partial charge in [0.15, 0.2) is 0 Å². The highest BCUT2D eigenvalue weighted by Crippen LogP contribution is 2.38. The third-order valence-electron chi connectivity index (χ3n) is 11.1. The number of aliphatic hydroxyl groups excluding tert-OH is 1. The van der Waals surface area contributed by atoms with E-state index in [1.165, 1.54) is 14.2 Å². The maximum absolute atomic E-state index is 13.6. The lowest BCUT2D eigenvalue weighted by Crippen LogP contribution is -2.64. The third-order valence-corrected chi connectivity index (χ3v) is 11.1. The Morgan fingerprint density at radius 2 is 1.77 bits per heavy atom. The highest BCUT2D eigenvalue weighted by atomic mass is 16.7. The van der Waals surface area contributed by atoms with Crippen molar-refractivity contribution in [2.75, 3.05) is 20.8 Å². The molecule has 53 heavy (non-hydrogen) atoms. The van der Waals surface area contributed by atoms with Crippen LogP contribution in [0, 0.1) is 23.7 Å². The average Bonchev–Trinajstić information content (AvgIpc) is 3.13. The van der Waals surface area contributed by atoms with E-state index in [1.54, 1.807) is 19.3 Å². The predicted octanol–water partition coefficient (Wildman–Crippen LogP) is 5.40. The quantitative estimate of drug-likeness (QED) is 0.122. The number of piperidine rings is 1. The SMILES string of the molecule is CC[C@H](/C=C(\C)C[C@H](C)C[C@H](OC)C1O[C@@](O)(C(=O)C(=O)N2CCCC[C@H]2C(=O)O)[C@H](C)CC1OC)C(=O)C[C@H](O)C[C@H](C)/C(C)=C/c1ccncc1. The summed E-state index contributed by atoms with van der Waals surface area (Å²) in [7, 11) is 3.03. The molecular formula is C41H62N2O10. The summed E-state index contributed by atoms with van der Waals surface area (Å²) in [6.45, 7) is 11.8. The molecule has 296 valence electrons. The fraction of sp³-hybridized carbons (Fsp3) is 0.683. The second-order valence-corrected chi connectivity index (χ2v) is 15.3. The molecule has 12 heteroatoms. The monoisotopic (exact) mass is 742 g/mol.